The largest absolute Gasteiger partial charge is 0.298 e. The van der Waals surface area contributed by atoms with E-state index in [9.17, 15) is 10.0 Å². The molecule has 0 bridgehead atoms. The van der Waals surface area contributed by atoms with Gasteiger partial charge in [-0.3, -0.25) is 4.79 Å². The Morgan fingerprint density at radius 3 is 2.00 bits per heavy atom. The summed E-state index contributed by atoms with van der Waals surface area (Å²) in [4.78, 5) is 10.4. The molecular formula is C11H14NO2. The minimum Gasteiger partial charge on any atom is -0.298 e. The molecule has 3 nitrogen and oxygen atoms in total. The van der Waals surface area contributed by atoms with Gasteiger partial charge in [0, 0.05) is 5.56 Å². The molecule has 14 heavy (non-hydrogen) atoms. The van der Waals surface area contributed by atoms with E-state index in [-0.39, 0.29) is 0 Å². The highest BCUT2D eigenvalue weighted by Gasteiger charge is 2.21. The Bertz CT molecular complexity index is 311. The lowest BCUT2D eigenvalue weighted by Crippen LogP contribution is -2.37. The van der Waals surface area contributed by atoms with E-state index in [1.165, 1.54) is 0 Å². The highest BCUT2D eigenvalue weighted by atomic mass is 16.5. The maximum Gasteiger partial charge on any atom is 0.150 e. The van der Waals surface area contributed by atoms with E-state index in [4.69, 9.17) is 0 Å². The first-order valence-corrected chi connectivity index (χ1v) is 4.48. The Kier molecular flexibility index (Phi) is 2.91. The standard InChI is InChI=1S/C11H14NO2/c1-11(2,3)12(14)10-6-4-9(8-13)5-7-10/h4-8H,1-3H3. The number of rotatable bonds is 2. The van der Waals surface area contributed by atoms with Crippen LogP contribution in [0.2, 0.25) is 0 Å². The van der Waals surface area contributed by atoms with Gasteiger partial charge in [0.05, 0.1) is 11.2 Å². The summed E-state index contributed by atoms with van der Waals surface area (Å²) in [7, 11) is 0. The highest BCUT2D eigenvalue weighted by Crippen LogP contribution is 2.21. The first-order valence-electron chi connectivity index (χ1n) is 4.48. The summed E-state index contributed by atoms with van der Waals surface area (Å²) in [5.74, 6) is 0. The molecule has 1 rings (SSSR count). The normalized spacial score (nSPS) is 11.1. The SMILES string of the molecule is CC(C)(C)N([O])c1ccc(C=O)cc1. The molecule has 0 saturated carbocycles. The molecule has 3 heteroatoms. The first-order chi connectivity index (χ1) is 6.45. The third-order valence-corrected chi connectivity index (χ3v) is 1.87. The summed E-state index contributed by atoms with van der Waals surface area (Å²) in [6.07, 6.45) is 0.760. The van der Waals surface area contributed by atoms with Crippen molar-refractivity contribution in [2.24, 2.45) is 0 Å². The molecule has 0 aliphatic heterocycles. The quantitative estimate of drug-likeness (QED) is 0.533. The van der Waals surface area contributed by atoms with Gasteiger partial charge in [-0.1, -0.05) is 5.21 Å². The number of carbonyl (C=O) groups is 1. The van der Waals surface area contributed by atoms with E-state index < -0.39 is 5.54 Å². The minimum absolute atomic E-state index is 0.456. The second-order valence-corrected chi connectivity index (χ2v) is 4.17. The van der Waals surface area contributed by atoms with Crippen molar-refractivity contribution in [1.29, 1.82) is 0 Å². The number of anilines is 1. The van der Waals surface area contributed by atoms with Gasteiger partial charge in [0.25, 0.3) is 0 Å². The molecule has 0 amide bonds. The van der Waals surface area contributed by atoms with Gasteiger partial charge in [-0.2, -0.15) is 0 Å². The third kappa shape index (κ3) is 2.33. The zero-order chi connectivity index (χ0) is 10.8. The van der Waals surface area contributed by atoms with E-state index in [0.717, 1.165) is 11.3 Å². The summed E-state index contributed by atoms with van der Waals surface area (Å²) >= 11 is 0. The first kappa shape index (κ1) is 10.7. The second kappa shape index (κ2) is 3.80. The van der Waals surface area contributed by atoms with Gasteiger partial charge in [-0.25, -0.2) is 5.06 Å². The Labute approximate surface area is 83.9 Å². The van der Waals surface area contributed by atoms with Crippen LogP contribution < -0.4 is 5.06 Å². The van der Waals surface area contributed by atoms with Crippen molar-refractivity contribution in [2.75, 3.05) is 5.06 Å². The van der Waals surface area contributed by atoms with E-state index in [1.54, 1.807) is 24.3 Å². The fraction of sp³-hybridized carbons (Fsp3) is 0.364. The predicted molar refractivity (Wildman–Crippen MR) is 54.7 cm³/mol. The molecule has 0 aliphatic carbocycles. The average molecular weight is 192 g/mol. The Morgan fingerprint density at radius 1 is 1.14 bits per heavy atom. The summed E-state index contributed by atoms with van der Waals surface area (Å²) in [5, 5.41) is 12.6. The number of carbonyl (C=O) groups excluding carboxylic acids is 1. The van der Waals surface area contributed by atoms with Crippen molar-refractivity contribution in [3.8, 4) is 0 Å². The molecule has 0 saturated heterocycles. The van der Waals surface area contributed by atoms with Crippen LogP contribution in [0.3, 0.4) is 0 Å². The minimum atomic E-state index is -0.456. The topological polar surface area (TPSA) is 40.2 Å². The maximum absolute atomic E-state index is 11.7. The van der Waals surface area contributed by atoms with Crippen molar-refractivity contribution in [2.45, 2.75) is 26.3 Å². The lowest BCUT2D eigenvalue weighted by molar-refractivity contribution is 0.102. The monoisotopic (exact) mass is 192 g/mol. The van der Waals surface area contributed by atoms with Crippen molar-refractivity contribution in [3.05, 3.63) is 29.8 Å². The molecule has 0 N–H and O–H groups in total. The van der Waals surface area contributed by atoms with Gasteiger partial charge in [-0.15, -0.1) is 0 Å². The van der Waals surface area contributed by atoms with E-state index in [0.29, 0.717) is 11.3 Å². The maximum atomic E-state index is 11.7. The molecule has 0 atom stereocenters. The number of hydrogen-bond donors (Lipinski definition) is 0. The number of benzene rings is 1. The fourth-order valence-electron chi connectivity index (χ4n) is 1.08. The van der Waals surface area contributed by atoms with Crippen LogP contribution in [0.1, 0.15) is 31.1 Å². The number of hydroxylamine groups is 1. The fourth-order valence-corrected chi connectivity index (χ4v) is 1.08. The predicted octanol–water partition coefficient (Wildman–Crippen LogP) is 2.45. The molecule has 75 valence electrons. The summed E-state index contributed by atoms with van der Waals surface area (Å²) in [5.41, 5.74) is 0.696. The van der Waals surface area contributed by atoms with Crippen LogP contribution in [-0.4, -0.2) is 11.8 Å². The van der Waals surface area contributed by atoms with Crippen LogP contribution in [0, 0.1) is 0 Å². The number of aldehydes is 1. The van der Waals surface area contributed by atoms with E-state index in [2.05, 4.69) is 0 Å². The Hall–Kier alpha value is -1.35. The van der Waals surface area contributed by atoms with Crippen molar-refractivity contribution in [3.63, 3.8) is 0 Å². The molecular weight excluding hydrogens is 178 g/mol. The van der Waals surface area contributed by atoms with Crippen LogP contribution >= 0.6 is 0 Å². The molecule has 1 radical (unpaired) electrons. The Morgan fingerprint density at radius 2 is 1.64 bits per heavy atom. The van der Waals surface area contributed by atoms with Crippen LogP contribution in [0.15, 0.2) is 24.3 Å². The van der Waals surface area contributed by atoms with Crippen molar-refractivity contribution >= 4 is 12.0 Å². The van der Waals surface area contributed by atoms with Gasteiger partial charge in [0.2, 0.25) is 0 Å². The molecule has 0 aromatic heterocycles. The number of nitrogens with zero attached hydrogens (tertiary/aromatic N) is 1. The van der Waals surface area contributed by atoms with Gasteiger partial charge in [0.15, 0.2) is 0 Å². The molecule has 0 unspecified atom stereocenters. The zero-order valence-electron chi connectivity index (χ0n) is 8.65. The van der Waals surface area contributed by atoms with Gasteiger partial charge in [0.1, 0.15) is 6.29 Å². The molecule has 0 heterocycles. The highest BCUT2D eigenvalue weighted by molar-refractivity contribution is 5.75. The number of hydrogen-bond acceptors (Lipinski definition) is 2. The van der Waals surface area contributed by atoms with Crippen LogP contribution in [0.5, 0.6) is 0 Å². The molecule has 0 fully saturated rings. The van der Waals surface area contributed by atoms with Gasteiger partial charge < -0.3 is 0 Å². The van der Waals surface area contributed by atoms with E-state index in [1.807, 2.05) is 20.8 Å². The molecule has 0 aliphatic rings. The van der Waals surface area contributed by atoms with E-state index >= 15 is 0 Å². The zero-order valence-corrected chi connectivity index (χ0v) is 8.65. The van der Waals surface area contributed by atoms with Crippen LogP contribution in [0.4, 0.5) is 5.69 Å². The van der Waals surface area contributed by atoms with Gasteiger partial charge in [-0.05, 0) is 45.0 Å². The summed E-state index contributed by atoms with van der Waals surface area (Å²) in [6, 6.07) is 6.59. The van der Waals surface area contributed by atoms with Gasteiger partial charge >= 0.3 is 0 Å². The molecule has 0 spiro atoms. The summed E-state index contributed by atoms with van der Waals surface area (Å²) < 4.78 is 0. The van der Waals surface area contributed by atoms with Crippen LogP contribution in [-0.2, 0) is 5.21 Å². The Balaban J connectivity index is 2.92. The molecule has 1 aromatic rings. The lowest BCUT2D eigenvalue weighted by atomic mass is 10.1. The lowest BCUT2D eigenvalue weighted by Gasteiger charge is -2.28. The van der Waals surface area contributed by atoms with Crippen molar-refractivity contribution in [1.82, 2.24) is 0 Å². The molecule has 1 aromatic carbocycles. The van der Waals surface area contributed by atoms with Crippen LogP contribution in [0.25, 0.3) is 0 Å². The van der Waals surface area contributed by atoms with Crippen molar-refractivity contribution < 1.29 is 10.0 Å². The third-order valence-electron chi connectivity index (χ3n) is 1.87. The second-order valence-electron chi connectivity index (χ2n) is 4.17. The summed E-state index contributed by atoms with van der Waals surface area (Å²) in [6.45, 7) is 5.52. The average Bonchev–Trinajstić information content (AvgIpc) is 2.15. The smallest absolute Gasteiger partial charge is 0.150 e.